The van der Waals surface area contributed by atoms with Crippen LogP contribution in [-0.4, -0.2) is 12.6 Å². The molecule has 0 bridgehead atoms. The first kappa shape index (κ1) is 11.4. The predicted molar refractivity (Wildman–Crippen MR) is 60.9 cm³/mol. The monoisotopic (exact) mass is 204 g/mol. The van der Waals surface area contributed by atoms with Gasteiger partial charge in [0.1, 0.15) is 5.75 Å². The van der Waals surface area contributed by atoms with E-state index in [1.54, 1.807) is 0 Å². The molecule has 1 atom stereocenters. The summed E-state index contributed by atoms with van der Waals surface area (Å²) in [6, 6.07) is 10.0. The topological polar surface area (TPSA) is 45.0 Å². The molecule has 3 nitrogen and oxygen atoms in total. The van der Waals surface area contributed by atoms with E-state index in [0.717, 1.165) is 11.4 Å². The number of hydrogen-bond donors (Lipinski definition) is 1. The molecule has 80 valence electrons. The minimum atomic E-state index is 0.136. The van der Waals surface area contributed by atoms with Gasteiger partial charge in [0.15, 0.2) is 0 Å². The zero-order valence-electron chi connectivity index (χ0n) is 9.16. The van der Waals surface area contributed by atoms with Crippen molar-refractivity contribution in [2.24, 2.45) is 0 Å². The van der Waals surface area contributed by atoms with Gasteiger partial charge < -0.3 is 10.1 Å². The van der Waals surface area contributed by atoms with E-state index in [-0.39, 0.29) is 6.04 Å². The van der Waals surface area contributed by atoms with E-state index in [2.05, 4.69) is 11.4 Å². The second-order valence-corrected chi connectivity index (χ2v) is 3.34. The van der Waals surface area contributed by atoms with E-state index >= 15 is 0 Å². The first-order chi connectivity index (χ1) is 7.27. The summed E-state index contributed by atoms with van der Waals surface area (Å²) in [6.07, 6.45) is 0.487. The number of benzene rings is 1. The van der Waals surface area contributed by atoms with Crippen molar-refractivity contribution in [3.8, 4) is 11.8 Å². The molecule has 0 aromatic heterocycles. The van der Waals surface area contributed by atoms with Crippen molar-refractivity contribution in [2.45, 2.75) is 26.3 Å². The van der Waals surface area contributed by atoms with Gasteiger partial charge in [0.25, 0.3) is 0 Å². The molecule has 0 amide bonds. The van der Waals surface area contributed by atoms with Crippen molar-refractivity contribution in [3.05, 3.63) is 24.3 Å². The average molecular weight is 204 g/mol. The molecule has 15 heavy (non-hydrogen) atoms. The smallest absolute Gasteiger partial charge is 0.142 e. The second kappa shape index (κ2) is 5.92. The Kier molecular flexibility index (Phi) is 4.49. The van der Waals surface area contributed by atoms with Crippen molar-refractivity contribution < 1.29 is 4.74 Å². The summed E-state index contributed by atoms with van der Waals surface area (Å²) in [5, 5.41) is 11.8. The summed E-state index contributed by atoms with van der Waals surface area (Å²) in [4.78, 5) is 0. The predicted octanol–water partition coefficient (Wildman–Crippen LogP) is 2.80. The van der Waals surface area contributed by atoms with E-state index in [0.29, 0.717) is 13.0 Å². The van der Waals surface area contributed by atoms with Crippen molar-refractivity contribution in [1.82, 2.24) is 0 Å². The Balaban J connectivity index is 2.71. The van der Waals surface area contributed by atoms with Gasteiger partial charge in [-0.1, -0.05) is 12.1 Å². The van der Waals surface area contributed by atoms with Crippen LogP contribution in [0.3, 0.4) is 0 Å². The molecule has 1 aromatic carbocycles. The summed E-state index contributed by atoms with van der Waals surface area (Å²) in [6.45, 7) is 4.58. The fraction of sp³-hybridized carbons (Fsp3) is 0.417. The SMILES string of the molecule is CCOc1ccccc1NC(C)CC#N. The average Bonchev–Trinajstić information content (AvgIpc) is 2.21. The lowest BCUT2D eigenvalue weighted by molar-refractivity contribution is 0.341. The number of anilines is 1. The lowest BCUT2D eigenvalue weighted by atomic mass is 10.2. The number of rotatable bonds is 5. The molecule has 1 rings (SSSR count). The quantitative estimate of drug-likeness (QED) is 0.802. The molecule has 0 saturated carbocycles. The highest BCUT2D eigenvalue weighted by molar-refractivity contribution is 5.56. The van der Waals surface area contributed by atoms with Crippen LogP contribution in [0.5, 0.6) is 5.75 Å². The maximum absolute atomic E-state index is 8.57. The summed E-state index contributed by atoms with van der Waals surface area (Å²) in [7, 11) is 0. The maximum atomic E-state index is 8.57. The van der Waals surface area contributed by atoms with Gasteiger partial charge >= 0.3 is 0 Å². The van der Waals surface area contributed by atoms with Crippen molar-refractivity contribution in [2.75, 3.05) is 11.9 Å². The summed E-state index contributed by atoms with van der Waals surface area (Å²) < 4.78 is 5.47. The lowest BCUT2D eigenvalue weighted by Crippen LogP contribution is -2.14. The molecular weight excluding hydrogens is 188 g/mol. The van der Waals surface area contributed by atoms with Gasteiger partial charge in [0.05, 0.1) is 24.8 Å². The Labute approximate surface area is 90.7 Å². The highest BCUT2D eigenvalue weighted by atomic mass is 16.5. The highest BCUT2D eigenvalue weighted by Crippen LogP contribution is 2.24. The molecule has 1 N–H and O–H groups in total. The first-order valence-electron chi connectivity index (χ1n) is 5.13. The molecule has 0 fully saturated rings. The van der Waals surface area contributed by atoms with Crippen LogP contribution in [-0.2, 0) is 0 Å². The van der Waals surface area contributed by atoms with Gasteiger partial charge in [-0.25, -0.2) is 0 Å². The molecule has 0 aliphatic heterocycles. The number of nitrogens with zero attached hydrogens (tertiary/aromatic N) is 1. The fourth-order valence-corrected chi connectivity index (χ4v) is 1.32. The van der Waals surface area contributed by atoms with E-state index in [4.69, 9.17) is 10.00 Å². The number of hydrogen-bond acceptors (Lipinski definition) is 3. The van der Waals surface area contributed by atoms with Crippen LogP contribution >= 0.6 is 0 Å². The van der Waals surface area contributed by atoms with Crippen LogP contribution in [0.1, 0.15) is 20.3 Å². The molecular formula is C12H16N2O. The van der Waals surface area contributed by atoms with Crippen LogP contribution in [0, 0.1) is 11.3 Å². The Bertz CT molecular complexity index is 344. The van der Waals surface area contributed by atoms with Gasteiger partial charge in [-0.15, -0.1) is 0 Å². The van der Waals surface area contributed by atoms with Crippen LogP contribution in [0.15, 0.2) is 24.3 Å². The Hall–Kier alpha value is -1.69. The van der Waals surface area contributed by atoms with E-state index in [1.165, 1.54) is 0 Å². The van der Waals surface area contributed by atoms with Gasteiger partial charge in [0, 0.05) is 6.04 Å². The van der Waals surface area contributed by atoms with Crippen LogP contribution in [0.25, 0.3) is 0 Å². The standard InChI is InChI=1S/C12H16N2O/c1-3-15-12-7-5-4-6-11(12)14-10(2)8-9-13/h4-7,10,14H,3,8H2,1-2H3. The second-order valence-electron chi connectivity index (χ2n) is 3.34. The minimum Gasteiger partial charge on any atom is -0.492 e. The van der Waals surface area contributed by atoms with Crippen molar-refractivity contribution in [3.63, 3.8) is 0 Å². The van der Waals surface area contributed by atoms with Crippen molar-refractivity contribution in [1.29, 1.82) is 5.26 Å². The Morgan fingerprint density at radius 1 is 1.47 bits per heavy atom. The number of para-hydroxylation sites is 2. The number of ether oxygens (including phenoxy) is 1. The summed E-state index contributed by atoms with van der Waals surface area (Å²) in [5.74, 6) is 0.838. The molecule has 0 radical (unpaired) electrons. The Morgan fingerprint density at radius 2 is 2.20 bits per heavy atom. The largest absolute Gasteiger partial charge is 0.492 e. The van der Waals surface area contributed by atoms with E-state index in [9.17, 15) is 0 Å². The first-order valence-corrected chi connectivity index (χ1v) is 5.13. The van der Waals surface area contributed by atoms with Crippen LogP contribution in [0.4, 0.5) is 5.69 Å². The fourth-order valence-electron chi connectivity index (χ4n) is 1.32. The molecule has 1 aromatic rings. The molecule has 0 spiro atoms. The molecule has 0 aliphatic rings. The zero-order valence-corrected chi connectivity index (χ0v) is 9.16. The van der Waals surface area contributed by atoms with Gasteiger partial charge in [-0.2, -0.15) is 5.26 Å². The van der Waals surface area contributed by atoms with Crippen LogP contribution in [0.2, 0.25) is 0 Å². The third-order valence-corrected chi connectivity index (χ3v) is 1.99. The summed E-state index contributed by atoms with van der Waals surface area (Å²) >= 11 is 0. The van der Waals surface area contributed by atoms with Crippen LogP contribution < -0.4 is 10.1 Å². The van der Waals surface area contributed by atoms with E-state index < -0.39 is 0 Å². The molecule has 3 heteroatoms. The third kappa shape index (κ3) is 3.51. The zero-order chi connectivity index (χ0) is 11.1. The number of nitriles is 1. The van der Waals surface area contributed by atoms with E-state index in [1.807, 2.05) is 38.1 Å². The Morgan fingerprint density at radius 3 is 2.87 bits per heavy atom. The minimum absolute atomic E-state index is 0.136. The van der Waals surface area contributed by atoms with Gasteiger partial charge in [0.2, 0.25) is 0 Å². The normalized spacial score (nSPS) is 11.5. The lowest BCUT2D eigenvalue weighted by Gasteiger charge is -2.15. The molecule has 0 saturated heterocycles. The number of nitrogens with one attached hydrogen (secondary N) is 1. The molecule has 0 aliphatic carbocycles. The maximum Gasteiger partial charge on any atom is 0.142 e. The van der Waals surface area contributed by atoms with Gasteiger partial charge in [-0.05, 0) is 26.0 Å². The van der Waals surface area contributed by atoms with Gasteiger partial charge in [-0.3, -0.25) is 0 Å². The molecule has 0 heterocycles. The highest BCUT2D eigenvalue weighted by Gasteiger charge is 2.05. The molecule has 1 unspecified atom stereocenters. The van der Waals surface area contributed by atoms with Crippen molar-refractivity contribution >= 4 is 5.69 Å². The third-order valence-electron chi connectivity index (χ3n) is 1.99. The summed E-state index contributed by atoms with van der Waals surface area (Å²) in [5.41, 5.74) is 0.946.